The molecule has 4 N–H and O–H groups in total. The second-order valence-electron chi connectivity index (χ2n) is 4.48. The molecule has 0 heterocycles. The number of rotatable bonds is 6. The average Bonchev–Trinajstić information content (AvgIpc) is 2.40. The molecule has 2 unspecified atom stereocenters. The normalized spacial score (nSPS) is 12.8. The Balaban J connectivity index is 0.00000361. The summed E-state index contributed by atoms with van der Waals surface area (Å²) in [7, 11) is 0. The van der Waals surface area contributed by atoms with Crippen molar-refractivity contribution in [1.29, 1.82) is 0 Å². The Labute approximate surface area is 125 Å². The third kappa shape index (κ3) is 6.04. The van der Waals surface area contributed by atoms with Crippen molar-refractivity contribution >= 4 is 29.9 Å². The number of hydrogen-bond acceptors (Lipinski definition) is 3. The molecule has 0 saturated carbocycles. The quantitative estimate of drug-likeness (QED) is 0.747. The van der Waals surface area contributed by atoms with E-state index in [9.17, 15) is 9.59 Å². The van der Waals surface area contributed by atoms with E-state index in [-0.39, 0.29) is 24.2 Å². The van der Waals surface area contributed by atoms with E-state index in [0.717, 1.165) is 6.42 Å². The molecule has 5 nitrogen and oxygen atoms in total. The fourth-order valence-electron chi connectivity index (χ4n) is 1.60. The zero-order valence-corrected chi connectivity index (χ0v) is 12.6. The Morgan fingerprint density at radius 2 is 1.80 bits per heavy atom. The van der Waals surface area contributed by atoms with Crippen LogP contribution in [-0.4, -0.2) is 23.9 Å². The Kier molecular flexibility index (Phi) is 8.59. The highest BCUT2D eigenvalue weighted by atomic mass is 35.5. The molecule has 1 rings (SSSR count). The first kappa shape index (κ1) is 18.4. The standard InChI is InChI=1S/C14H21N3O2.ClH/c1-3-7-12(15)14(19)16-10(2)13(18)17-11-8-5-4-6-9-11;/h4-6,8-10,12H,3,7,15H2,1-2H3,(H,16,19)(H,17,18);1H. The number of carbonyl (C=O) groups is 2. The lowest BCUT2D eigenvalue weighted by atomic mass is 10.1. The molecule has 0 spiro atoms. The molecule has 2 atom stereocenters. The summed E-state index contributed by atoms with van der Waals surface area (Å²) in [5.74, 6) is -0.555. The van der Waals surface area contributed by atoms with Crippen LogP contribution in [-0.2, 0) is 9.59 Å². The number of carbonyl (C=O) groups excluding carboxylic acids is 2. The first-order chi connectivity index (χ1) is 9.04. The maximum absolute atomic E-state index is 11.9. The third-order valence-electron chi connectivity index (χ3n) is 2.73. The molecule has 0 aliphatic carbocycles. The number of nitrogens with one attached hydrogen (secondary N) is 2. The number of para-hydroxylation sites is 1. The lowest BCUT2D eigenvalue weighted by molar-refractivity contribution is -0.127. The van der Waals surface area contributed by atoms with Crippen LogP contribution in [0.1, 0.15) is 26.7 Å². The Hall–Kier alpha value is -1.59. The van der Waals surface area contributed by atoms with E-state index in [4.69, 9.17) is 5.73 Å². The van der Waals surface area contributed by atoms with Gasteiger partial charge in [0.05, 0.1) is 6.04 Å². The van der Waals surface area contributed by atoms with Crippen molar-refractivity contribution in [2.45, 2.75) is 38.8 Å². The van der Waals surface area contributed by atoms with E-state index in [1.165, 1.54) is 0 Å². The van der Waals surface area contributed by atoms with Crippen molar-refractivity contribution in [3.8, 4) is 0 Å². The number of anilines is 1. The highest BCUT2D eigenvalue weighted by Gasteiger charge is 2.19. The van der Waals surface area contributed by atoms with Crippen molar-refractivity contribution in [2.24, 2.45) is 5.73 Å². The summed E-state index contributed by atoms with van der Waals surface area (Å²) in [5.41, 5.74) is 6.39. The van der Waals surface area contributed by atoms with Gasteiger partial charge in [0.25, 0.3) is 0 Å². The minimum atomic E-state index is -0.615. The fraction of sp³-hybridized carbons (Fsp3) is 0.429. The van der Waals surface area contributed by atoms with Gasteiger partial charge in [0.1, 0.15) is 6.04 Å². The Morgan fingerprint density at radius 3 is 2.35 bits per heavy atom. The molecule has 0 aromatic heterocycles. The Bertz CT molecular complexity index is 426. The summed E-state index contributed by atoms with van der Waals surface area (Å²) in [6.45, 7) is 3.59. The summed E-state index contributed by atoms with van der Waals surface area (Å²) in [6.07, 6.45) is 1.44. The maximum atomic E-state index is 11.9. The molecule has 6 heteroatoms. The molecule has 0 radical (unpaired) electrons. The molecular weight excluding hydrogens is 278 g/mol. The van der Waals surface area contributed by atoms with Crippen LogP contribution < -0.4 is 16.4 Å². The van der Waals surface area contributed by atoms with E-state index >= 15 is 0 Å². The average molecular weight is 300 g/mol. The number of nitrogens with two attached hydrogens (primary N) is 1. The summed E-state index contributed by atoms with van der Waals surface area (Å²) in [5, 5.41) is 5.33. The summed E-state index contributed by atoms with van der Waals surface area (Å²) in [4.78, 5) is 23.5. The van der Waals surface area contributed by atoms with E-state index in [0.29, 0.717) is 12.1 Å². The molecule has 1 aromatic rings. The van der Waals surface area contributed by atoms with Crippen molar-refractivity contribution in [2.75, 3.05) is 5.32 Å². The molecule has 0 saturated heterocycles. The number of benzene rings is 1. The lowest BCUT2D eigenvalue weighted by Crippen LogP contribution is -2.48. The summed E-state index contributed by atoms with van der Waals surface area (Å²) in [6, 6.07) is 7.92. The fourth-order valence-corrected chi connectivity index (χ4v) is 1.60. The molecule has 0 aliphatic heterocycles. The van der Waals surface area contributed by atoms with Gasteiger partial charge in [-0.05, 0) is 25.5 Å². The van der Waals surface area contributed by atoms with Crippen LogP contribution in [0.2, 0.25) is 0 Å². The molecule has 1 aromatic carbocycles. The van der Waals surface area contributed by atoms with Crippen LogP contribution in [0.5, 0.6) is 0 Å². The predicted molar refractivity (Wildman–Crippen MR) is 82.8 cm³/mol. The highest BCUT2D eigenvalue weighted by molar-refractivity contribution is 5.97. The van der Waals surface area contributed by atoms with Crippen LogP contribution in [0.15, 0.2) is 30.3 Å². The topological polar surface area (TPSA) is 84.2 Å². The van der Waals surface area contributed by atoms with Crippen LogP contribution in [0, 0.1) is 0 Å². The van der Waals surface area contributed by atoms with Crippen molar-refractivity contribution < 1.29 is 9.59 Å². The van der Waals surface area contributed by atoms with E-state index in [2.05, 4.69) is 10.6 Å². The van der Waals surface area contributed by atoms with Crippen LogP contribution in [0.3, 0.4) is 0 Å². The van der Waals surface area contributed by atoms with Gasteiger partial charge in [-0.15, -0.1) is 12.4 Å². The SMILES string of the molecule is CCCC(N)C(=O)NC(C)C(=O)Nc1ccccc1.Cl. The zero-order chi connectivity index (χ0) is 14.3. The van der Waals surface area contributed by atoms with Crippen LogP contribution in [0.25, 0.3) is 0 Å². The van der Waals surface area contributed by atoms with Crippen molar-refractivity contribution in [3.63, 3.8) is 0 Å². The number of hydrogen-bond donors (Lipinski definition) is 3. The van der Waals surface area contributed by atoms with Gasteiger partial charge >= 0.3 is 0 Å². The minimum Gasteiger partial charge on any atom is -0.343 e. The van der Waals surface area contributed by atoms with Gasteiger partial charge in [-0.3, -0.25) is 9.59 Å². The summed E-state index contributed by atoms with van der Waals surface area (Å²) < 4.78 is 0. The first-order valence-corrected chi connectivity index (χ1v) is 6.46. The number of amides is 2. The molecule has 2 amide bonds. The van der Waals surface area contributed by atoms with Gasteiger partial charge in [-0.1, -0.05) is 31.5 Å². The molecule has 112 valence electrons. The second-order valence-corrected chi connectivity index (χ2v) is 4.48. The molecule has 20 heavy (non-hydrogen) atoms. The molecule has 0 aliphatic rings. The van der Waals surface area contributed by atoms with Gasteiger partial charge in [-0.2, -0.15) is 0 Å². The summed E-state index contributed by atoms with van der Waals surface area (Å²) >= 11 is 0. The second kappa shape index (κ2) is 9.34. The molecular formula is C14H22ClN3O2. The first-order valence-electron chi connectivity index (χ1n) is 6.46. The zero-order valence-electron chi connectivity index (χ0n) is 11.8. The van der Waals surface area contributed by atoms with Gasteiger partial charge in [0.2, 0.25) is 11.8 Å². The van der Waals surface area contributed by atoms with Gasteiger partial charge in [0.15, 0.2) is 0 Å². The largest absolute Gasteiger partial charge is 0.343 e. The van der Waals surface area contributed by atoms with E-state index < -0.39 is 12.1 Å². The predicted octanol–water partition coefficient (Wildman–Crippen LogP) is 1.68. The molecule has 0 bridgehead atoms. The van der Waals surface area contributed by atoms with Crippen molar-refractivity contribution in [3.05, 3.63) is 30.3 Å². The maximum Gasteiger partial charge on any atom is 0.246 e. The van der Waals surface area contributed by atoms with E-state index in [1.807, 2.05) is 25.1 Å². The van der Waals surface area contributed by atoms with E-state index in [1.54, 1.807) is 19.1 Å². The van der Waals surface area contributed by atoms with Gasteiger partial charge in [0, 0.05) is 5.69 Å². The smallest absolute Gasteiger partial charge is 0.246 e. The minimum absolute atomic E-state index is 0. The third-order valence-corrected chi connectivity index (χ3v) is 2.73. The van der Waals surface area contributed by atoms with Crippen LogP contribution in [0.4, 0.5) is 5.69 Å². The highest BCUT2D eigenvalue weighted by Crippen LogP contribution is 2.05. The van der Waals surface area contributed by atoms with Gasteiger partial charge in [-0.25, -0.2) is 0 Å². The Morgan fingerprint density at radius 1 is 1.20 bits per heavy atom. The molecule has 0 fully saturated rings. The lowest BCUT2D eigenvalue weighted by Gasteiger charge is -2.17. The van der Waals surface area contributed by atoms with Crippen LogP contribution >= 0.6 is 12.4 Å². The number of halogens is 1. The van der Waals surface area contributed by atoms with Crippen molar-refractivity contribution in [1.82, 2.24) is 5.32 Å². The monoisotopic (exact) mass is 299 g/mol. The van der Waals surface area contributed by atoms with Gasteiger partial charge < -0.3 is 16.4 Å².